The van der Waals surface area contributed by atoms with Gasteiger partial charge in [-0.15, -0.1) is 0 Å². The lowest BCUT2D eigenvalue weighted by molar-refractivity contribution is -0.114. The summed E-state index contributed by atoms with van der Waals surface area (Å²) < 4.78 is 0. The van der Waals surface area contributed by atoms with Gasteiger partial charge in [-0.25, -0.2) is 0 Å². The molecule has 0 aliphatic heterocycles. The van der Waals surface area contributed by atoms with Crippen LogP contribution < -0.4 is 0 Å². The van der Waals surface area contributed by atoms with Gasteiger partial charge in [-0.1, -0.05) is 42.5 Å². The molecule has 0 heterocycles. The summed E-state index contributed by atoms with van der Waals surface area (Å²) in [6.07, 6.45) is 8.19. The molecule has 4 rings (SSSR count). The molecular formula is C15H16O. The van der Waals surface area contributed by atoms with Crippen LogP contribution in [-0.2, 0) is 4.79 Å². The van der Waals surface area contributed by atoms with Crippen molar-refractivity contribution in [2.24, 2.45) is 17.8 Å². The van der Waals surface area contributed by atoms with Crippen LogP contribution >= 0.6 is 0 Å². The first-order chi connectivity index (χ1) is 7.90. The zero-order valence-electron chi connectivity index (χ0n) is 9.25. The van der Waals surface area contributed by atoms with Gasteiger partial charge in [0, 0.05) is 11.8 Å². The predicted molar refractivity (Wildman–Crippen MR) is 64.1 cm³/mol. The van der Waals surface area contributed by atoms with Crippen molar-refractivity contribution >= 4 is 6.29 Å². The summed E-state index contributed by atoms with van der Waals surface area (Å²) in [4.78, 5) is 11.3. The molecule has 4 atom stereocenters. The zero-order valence-corrected chi connectivity index (χ0v) is 9.25. The second-order valence-corrected chi connectivity index (χ2v) is 4.94. The Labute approximate surface area is 96.2 Å². The standard InChI is InChI=1S/C15H16O/c16-10-14-11-6-8-13(9-7-11)15(14)12-4-2-1-3-5-12/h1-6,8,10-11,13-15H,7,9H2/t11-,13+,14-,15-/m0/s1. The molecule has 16 heavy (non-hydrogen) atoms. The maximum Gasteiger partial charge on any atom is 0.124 e. The van der Waals surface area contributed by atoms with E-state index in [4.69, 9.17) is 0 Å². The molecule has 3 aliphatic rings. The SMILES string of the molecule is O=C[C@@H]1[C@@H](c2ccccc2)[C@@H]2C=C[C@H]1CC2. The van der Waals surface area contributed by atoms with Crippen LogP contribution in [0.25, 0.3) is 0 Å². The van der Waals surface area contributed by atoms with Crippen molar-refractivity contribution in [1.29, 1.82) is 0 Å². The molecule has 0 radical (unpaired) electrons. The smallest absolute Gasteiger partial charge is 0.124 e. The Hall–Kier alpha value is -1.37. The number of rotatable bonds is 2. The van der Waals surface area contributed by atoms with E-state index >= 15 is 0 Å². The second-order valence-electron chi connectivity index (χ2n) is 4.94. The summed E-state index contributed by atoms with van der Waals surface area (Å²) in [5.74, 6) is 1.67. The van der Waals surface area contributed by atoms with Crippen LogP contribution in [0.15, 0.2) is 42.5 Å². The van der Waals surface area contributed by atoms with Gasteiger partial charge in [0.15, 0.2) is 0 Å². The van der Waals surface area contributed by atoms with Crippen LogP contribution in [0.3, 0.4) is 0 Å². The van der Waals surface area contributed by atoms with Crippen LogP contribution in [0, 0.1) is 17.8 Å². The Balaban J connectivity index is 2.00. The Bertz CT molecular complexity index is 407. The van der Waals surface area contributed by atoms with Gasteiger partial charge >= 0.3 is 0 Å². The first kappa shape index (κ1) is 9.83. The molecule has 3 aliphatic carbocycles. The molecule has 1 aromatic carbocycles. The fraction of sp³-hybridized carbons (Fsp3) is 0.400. The number of carbonyl (C=O) groups excluding carboxylic acids is 1. The third kappa shape index (κ3) is 1.42. The predicted octanol–water partition coefficient (Wildman–Crippen LogP) is 3.18. The van der Waals surface area contributed by atoms with E-state index in [1.165, 1.54) is 24.7 Å². The summed E-state index contributed by atoms with van der Waals surface area (Å²) in [5, 5.41) is 0. The molecular weight excluding hydrogens is 196 g/mol. The lowest BCUT2D eigenvalue weighted by Crippen LogP contribution is -2.36. The number of allylic oxidation sites excluding steroid dienone is 2. The van der Waals surface area contributed by atoms with Gasteiger partial charge in [0.05, 0.1) is 0 Å². The molecule has 82 valence electrons. The largest absolute Gasteiger partial charge is 0.303 e. The van der Waals surface area contributed by atoms with E-state index in [0.717, 1.165) is 0 Å². The molecule has 0 unspecified atom stereocenters. The average molecular weight is 212 g/mol. The first-order valence-corrected chi connectivity index (χ1v) is 6.08. The highest BCUT2D eigenvalue weighted by molar-refractivity contribution is 5.59. The Morgan fingerprint density at radius 2 is 1.69 bits per heavy atom. The van der Waals surface area contributed by atoms with Crippen molar-refractivity contribution in [3.63, 3.8) is 0 Å². The van der Waals surface area contributed by atoms with Gasteiger partial charge in [0.1, 0.15) is 6.29 Å². The number of aldehydes is 1. The summed E-state index contributed by atoms with van der Waals surface area (Å²) in [6.45, 7) is 0. The molecule has 0 amide bonds. The van der Waals surface area contributed by atoms with Crippen LogP contribution in [-0.4, -0.2) is 6.29 Å². The molecule has 2 bridgehead atoms. The molecule has 1 fully saturated rings. The molecule has 1 saturated carbocycles. The first-order valence-electron chi connectivity index (χ1n) is 6.08. The van der Waals surface area contributed by atoms with Gasteiger partial charge in [-0.2, -0.15) is 0 Å². The van der Waals surface area contributed by atoms with Crippen molar-refractivity contribution in [2.45, 2.75) is 18.8 Å². The minimum Gasteiger partial charge on any atom is -0.303 e. The van der Waals surface area contributed by atoms with Crippen LogP contribution in [0.2, 0.25) is 0 Å². The molecule has 0 spiro atoms. The van der Waals surface area contributed by atoms with E-state index in [0.29, 0.717) is 17.8 Å². The highest BCUT2D eigenvalue weighted by Gasteiger charge is 2.40. The van der Waals surface area contributed by atoms with E-state index in [9.17, 15) is 4.79 Å². The van der Waals surface area contributed by atoms with Crippen LogP contribution in [0.5, 0.6) is 0 Å². The monoisotopic (exact) mass is 212 g/mol. The van der Waals surface area contributed by atoms with Crippen molar-refractivity contribution in [3.05, 3.63) is 48.0 Å². The number of fused-ring (bicyclic) bond motifs is 2. The van der Waals surface area contributed by atoms with Crippen molar-refractivity contribution in [3.8, 4) is 0 Å². The number of hydrogen-bond donors (Lipinski definition) is 0. The molecule has 1 nitrogen and oxygen atoms in total. The molecule has 0 N–H and O–H groups in total. The summed E-state index contributed by atoms with van der Waals surface area (Å²) in [6, 6.07) is 10.5. The van der Waals surface area contributed by atoms with Crippen molar-refractivity contribution in [2.75, 3.05) is 0 Å². The fourth-order valence-corrected chi connectivity index (χ4v) is 3.36. The number of carbonyl (C=O) groups is 1. The lowest BCUT2D eigenvalue weighted by Gasteiger charge is -2.42. The molecule has 1 aromatic rings. The molecule has 0 saturated heterocycles. The van der Waals surface area contributed by atoms with E-state index < -0.39 is 0 Å². The average Bonchev–Trinajstić information content (AvgIpc) is 2.40. The van der Waals surface area contributed by atoms with Gasteiger partial charge in [0.25, 0.3) is 0 Å². The number of benzene rings is 1. The number of hydrogen-bond acceptors (Lipinski definition) is 1. The highest BCUT2D eigenvalue weighted by Crippen LogP contribution is 2.48. The normalized spacial score (nSPS) is 36.2. The van der Waals surface area contributed by atoms with E-state index in [-0.39, 0.29) is 5.92 Å². The van der Waals surface area contributed by atoms with E-state index in [1.807, 2.05) is 6.07 Å². The quantitative estimate of drug-likeness (QED) is 0.543. The van der Waals surface area contributed by atoms with Crippen LogP contribution in [0.4, 0.5) is 0 Å². The minimum absolute atomic E-state index is 0.200. The highest BCUT2D eigenvalue weighted by atomic mass is 16.1. The summed E-state index contributed by atoms with van der Waals surface area (Å²) >= 11 is 0. The van der Waals surface area contributed by atoms with Crippen molar-refractivity contribution < 1.29 is 4.79 Å². The topological polar surface area (TPSA) is 17.1 Å². The maximum absolute atomic E-state index is 11.3. The third-order valence-electron chi connectivity index (χ3n) is 4.15. The minimum atomic E-state index is 0.200. The van der Waals surface area contributed by atoms with Gasteiger partial charge in [-0.3, -0.25) is 0 Å². The fourth-order valence-electron chi connectivity index (χ4n) is 3.36. The second kappa shape index (κ2) is 3.89. The van der Waals surface area contributed by atoms with Gasteiger partial charge in [-0.05, 0) is 30.2 Å². The van der Waals surface area contributed by atoms with Gasteiger partial charge in [0.2, 0.25) is 0 Å². The zero-order chi connectivity index (χ0) is 11.0. The Morgan fingerprint density at radius 1 is 1.00 bits per heavy atom. The Morgan fingerprint density at radius 3 is 2.31 bits per heavy atom. The third-order valence-corrected chi connectivity index (χ3v) is 4.15. The molecule has 0 aromatic heterocycles. The Kier molecular flexibility index (Phi) is 2.39. The van der Waals surface area contributed by atoms with E-state index in [1.54, 1.807) is 0 Å². The van der Waals surface area contributed by atoms with E-state index in [2.05, 4.69) is 36.4 Å². The lowest BCUT2D eigenvalue weighted by atomic mass is 9.61. The van der Waals surface area contributed by atoms with Gasteiger partial charge < -0.3 is 4.79 Å². The summed E-state index contributed by atoms with van der Waals surface area (Å²) in [7, 11) is 0. The molecule has 1 heteroatoms. The summed E-state index contributed by atoms with van der Waals surface area (Å²) in [5.41, 5.74) is 1.33. The maximum atomic E-state index is 11.3. The van der Waals surface area contributed by atoms with Crippen LogP contribution in [0.1, 0.15) is 24.3 Å². The van der Waals surface area contributed by atoms with Crippen molar-refractivity contribution in [1.82, 2.24) is 0 Å².